The molecular formula is C15H13N3O4S. The van der Waals surface area contributed by atoms with Crippen LogP contribution in [0, 0.1) is 0 Å². The van der Waals surface area contributed by atoms with Gasteiger partial charge < -0.3 is 5.11 Å². The zero-order chi connectivity index (χ0) is 16.4. The molecule has 7 nitrogen and oxygen atoms in total. The summed E-state index contributed by atoms with van der Waals surface area (Å²) in [6.45, 7) is 0. The minimum absolute atomic E-state index is 0.0328. The quantitative estimate of drug-likeness (QED) is 0.763. The maximum absolute atomic E-state index is 12.6. The number of hydrogen-bond acceptors (Lipinski definition) is 5. The Labute approximate surface area is 132 Å². The summed E-state index contributed by atoms with van der Waals surface area (Å²) < 4.78 is 26.1. The number of carbonyl (C=O) groups is 1. The number of aliphatic carboxylic acids is 1. The van der Waals surface area contributed by atoms with Gasteiger partial charge in [-0.2, -0.15) is 17.6 Å². The summed E-state index contributed by atoms with van der Waals surface area (Å²) in [7, 11) is -3.79. The van der Waals surface area contributed by atoms with Crippen molar-refractivity contribution in [3.8, 4) is 0 Å². The van der Waals surface area contributed by atoms with Gasteiger partial charge in [0.1, 0.15) is 5.52 Å². The number of carboxylic acids is 1. The van der Waals surface area contributed by atoms with Crippen LogP contribution in [0.2, 0.25) is 0 Å². The number of nitrogens with zero attached hydrogens (tertiary/aromatic N) is 3. The Morgan fingerprint density at radius 2 is 1.91 bits per heavy atom. The lowest BCUT2D eigenvalue weighted by Crippen LogP contribution is -2.14. The van der Waals surface area contributed by atoms with Crippen molar-refractivity contribution in [3.05, 3.63) is 54.5 Å². The molecule has 0 aliphatic rings. The van der Waals surface area contributed by atoms with Gasteiger partial charge in [-0.15, -0.1) is 0 Å². The van der Waals surface area contributed by atoms with Crippen molar-refractivity contribution in [2.45, 2.75) is 17.7 Å². The first-order valence-electron chi connectivity index (χ1n) is 6.83. The predicted octanol–water partition coefficient (Wildman–Crippen LogP) is 1.69. The highest BCUT2D eigenvalue weighted by Gasteiger charge is 2.20. The number of rotatable bonds is 5. The summed E-state index contributed by atoms with van der Waals surface area (Å²) in [5.74, 6) is -0.908. The number of benzene rings is 1. The number of aryl methyl sites for hydroxylation is 1. The monoisotopic (exact) mass is 331 g/mol. The Morgan fingerprint density at radius 3 is 2.61 bits per heavy atom. The Morgan fingerprint density at radius 1 is 1.17 bits per heavy atom. The summed E-state index contributed by atoms with van der Waals surface area (Å²) in [6.07, 6.45) is 3.08. The number of pyridine rings is 1. The summed E-state index contributed by atoms with van der Waals surface area (Å²) in [5, 5.41) is 13.3. The van der Waals surface area contributed by atoms with E-state index in [1.807, 2.05) is 0 Å². The van der Waals surface area contributed by atoms with Crippen molar-refractivity contribution in [2.24, 2.45) is 0 Å². The lowest BCUT2D eigenvalue weighted by atomic mass is 10.2. The van der Waals surface area contributed by atoms with Crippen LogP contribution in [0.3, 0.4) is 0 Å². The average molecular weight is 331 g/mol. The normalized spacial score (nSPS) is 11.7. The van der Waals surface area contributed by atoms with Gasteiger partial charge in [0.25, 0.3) is 10.0 Å². The summed E-state index contributed by atoms with van der Waals surface area (Å²) in [6, 6.07) is 9.66. The second-order valence-electron chi connectivity index (χ2n) is 4.93. The molecule has 1 N–H and O–H groups in total. The minimum Gasteiger partial charge on any atom is -0.481 e. The van der Waals surface area contributed by atoms with E-state index >= 15 is 0 Å². The maximum atomic E-state index is 12.6. The predicted molar refractivity (Wildman–Crippen MR) is 82.5 cm³/mol. The van der Waals surface area contributed by atoms with E-state index in [9.17, 15) is 13.2 Å². The van der Waals surface area contributed by atoms with Crippen molar-refractivity contribution in [2.75, 3.05) is 0 Å². The van der Waals surface area contributed by atoms with E-state index in [2.05, 4.69) is 10.1 Å². The Balaban J connectivity index is 2.02. The topological polar surface area (TPSA) is 102 Å². The van der Waals surface area contributed by atoms with Gasteiger partial charge in [0, 0.05) is 17.5 Å². The van der Waals surface area contributed by atoms with Crippen molar-refractivity contribution < 1.29 is 18.3 Å². The molecule has 23 heavy (non-hydrogen) atoms. The Bertz CT molecular complexity index is 965. The number of carboxylic acid groups (broad SMARTS) is 1. The molecule has 0 aliphatic carbocycles. The third-order valence-electron chi connectivity index (χ3n) is 3.34. The molecule has 3 rings (SSSR count). The largest absolute Gasteiger partial charge is 0.481 e. The molecule has 2 aromatic heterocycles. The van der Waals surface area contributed by atoms with Crippen LogP contribution in [0.25, 0.3) is 10.9 Å². The van der Waals surface area contributed by atoms with Crippen LogP contribution >= 0.6 is 0 Å². The third kappa shape index (κ3) is 2.93. The van der Waals surface area contributed by atoms with Crippen LogP contribution in [0.1, 0.15) is 12.1 Å². The fourth-order valence-corrected chi connectivity index (χ4v) is 3.49. The van der Waals surface area contributed by atoms with E-state index in [1.54, 1.807) is 24.3 Å². The second-order valence-corrected chi connectivity index (χ2v) is 6.70. The van der Waals surface area contributed by atoms with E-state index in [4.69, 9.17) is 5.11 Å². The van der Waals surface area contributed by atoms with E-state index in [-0.39, 0.29) is 17.7 Å². The zero-order valence-corrected chi connectivity index (χ0v) is 12.8. The smallest absolute Gasteiger partial charge is 0.303 e. The molecule has 3 aromatic rings. The van der Waals surface area contributed by atoms with Gasteiger partial charge in [-0.05, 0) is 18.2 Å². The molecule has 0 aliphatic heterocycles. The molecule has 1 aromatic carbocycles. The summed E-state index contributed by atoms with van der Waals surface area (Å²) in [4.78, 5) is 14.9. The van der Waals surface area contributed by atoms with Crippen LogP contribution in [0.5, 0.6) is 0 Å². The van der Waals surface area contributed by atoms with Crippen molar-refractivity contribution in [3.63, 3.8) is 0 Å². The number of fused-ring (bicyclic) bond motifs is 1. The molecular weight excluding hydrogens is 318 g/mol. The van der Waals surface area contributed by atoms with Crippen LogP contribution in [0.4, 0.5) is 0 Å². The van der Waals surface area contributed by atoms with Gasteiger partial charge in [-0.25, -0.2) is 0 Å². The van der Waals surface area contributed by atoms with Crippen molar-refractivity contribution in [1.82, 2.24) is 14.2 Å². The minimum atomic E-state index is -3.79. The lowest BCUT2D eigenvalue weighted by molar-refractivity contribution is -0.136. The van der Waals surface area contributed by atoms with Crippen molar-refractivity contribution >= 4 is 26.9 Å². The fourth-order valence-electron chi connectivity index (χ4n) is 2.20. The molecule has 0 unspecified atom stereocenters. The first-order chi connectivity index (χ1) is 11.0. The Kier molecular flexibility index (Phi) is 3.83. The molecule has 0 saturated carbocycles. The highest BCUT2D eigenvalue weighted by Crippen LogP contribution is 2.20. The molecule has 8 heteroatoms. The van der Waals surface area contributed by atoms with Gasteiger partial charge >= 0.3 is 5.97 Å². The van der Waals surface area contributed by atoms with Gasteiger partial charge in [-0.1, -0.05) is 18.2 Å². The first kappa shape index (κ1) is 15.2. The molecule has 0 saturated heterocycles. The lowest BCUT2D eigenvalue weighted by Gasteiger charge is -2.05. The standard InChI is InChI=1S/C15H13N3O4S/c19-15(20)7-6-12-8-11-9-17-18(14(11)10-16-12)23(21,22)13-4-2-1-3-5-13/h1-5,8-10H,6-7H2,(H,19,20). The van der Waals surface area contributed by atoms with Crippen LogP contribution in [-0.2, 0) is 21.2 Å². The average Bonchev–Trinajstić information content (AvgIpc) is 2.97. The van der Waals surface area contributed by atoms with E-state index in [0.717, 1.165) is 4.09 Å². The van der Waals surface area contributed by atoms with Crippen LogP contribution in [-0.4, -0.2) is 33.7 Å². The van der Waals surface area contributed by atoms with Gasteiger partial charge in [0.15, 0.2) is 0 Å². The van der Waals surface area contributed by atoms with Crippen LogP contribution in [0.15, 0.2) is 53.7 Å². The summed E-state index contributed by atoms with van der Waals surface area (Å²) in [5.41, 5.74) is 0.935. The maximum Gasteiger partial charge on any atom is 0.303 e. The SMILES string of the molecule is O=C(O)CCc1cc2cnn(S(=O)(=O)c3ccccc3)c2cn1. The van der Waals surface area contributed by atoms with E-state index in [0.29, 0.717) is 16.6 Å². The van der Waals surface area contributed by atoms with E-state index in [1.165, 1.54) is 24.5 Å². The molecule has 0 amide bonds. The number of aromatic nitrogens is 3. The molecule has 0 radical (unpaired) electrons. The van der Waals surface area contributed by atoms with Gasteiger partial charge in [0.05, 0.1) is 23.7 Å². The first-order valence-corrected chi connectivity index (χ1v) is 8.27. The highest BCUT2D eigenvalue weighted by atomic mass is 32.2. The second kappa shape index (κ2) is 5.81. The third-order valence-corrected chi connectivity index (χ3v) is 4.96. The highest BCUT2D eigenvalue weighted by molar-refractivity contribution is 7.90. The molecule has 0 fully saturated rings. The summed E-state index contributed by atoms with van der Waals surface area (Å²) >= 11 is 0. The fraction of sp³-hybridized carbons (Fsp3) is 0.133. The molecule has 0 bridgehead atoms. The molecule has 0 spiro atoms. The van der Waals surface area contributed by atoms with E-state index < -0.39 is 16.0 Å². The van der Waals surface area contributed by atoms with Crippen LogP contribution < -0.4 is 0 Å². The molecule has 118 valence electrons. The van der Waals surface area contributed by atoms with Gasteiger partial charge in [-0.3, -0.25) is 9.78 Å². The number of hydrogen-bond donors (Lipinski definition) is 1. The zero-order valence-electron chi connectivity index (χ0n) is 12.0. The van der Waals surface area contributed by atoms with Gasteiger partial charge in [0.2, 0.25) is 0 Å². The van der Waals surface area contributed by atoms with Crippen molar-refractivity contribution in [1.29, 1.82) is 0 Å². The Hall–Kier alpha value is -2.74. The molecule has 2 heterocycles. The molecule has 0 atom stereocenters.